The molecule has 4 rings (SSSR count). The van der Waals surface area contributed by atoms with E-state index in [0.717, 1.165) is 21.8 Å². The number of ether oxygens (including phenoxy) is 1. The van der Waals surface area contributed by atoms with Crippen LogP contribution < -0.4 is 0 Å². The zero-order chi connectivity index (χ0) is 24.3. The SMILES string of the molecule is CCCn1c(COC(=O)c2cn(Cc3ccccc3)nn2)nc2cc(S(=O)(=O)N(C)C)ccc21. The zero-order valence-corrected chi connectivity index (χ0v) is 20.1. The molecule has 0 aliphatic carbocycles. The van der Waals surface area contributed by atoms with Crippen LogP contribution in [0.5, 0.6) is 0 Å². The van der Waals surface area contributed by atoms with Crippen molar-refractivity contribution in [3.8, 4) is 0 Å². The van der Waals surface area contributed by atoms with Crippen molar-refractivity contribution >= 4 is 27.0 Å². The van der Waals surface area contributed by atoms with Gasteiger partial charge in [0.2, 0.25) is 10.0 Å². The maximum Gasteiger partial charge on any atom is 0.360 e. The molecule has 2 heterocycles. The third kappa shape index (κ3) is 4.85. The van der Waals surface area contributed by atoms with Crippen molar-refractivity contribution in [3.05, 3.63) is 71.8 Å². The minimum absolute atomic E-state index is 0.0746. The van der Waals surface area contributed by atoms with Crippen LogP contribution >= 0.6 is 0 Å². The lowest BCUT2D eigenvalue weighted by molar-refractivity contribution is 0.0451. The molecule has 0 aliphatic rings. The van der Waals surface area contributed by atoms with Gasteiger partial charge in [0.05, 0.1) is 28.7 Å². The Bertz CT molecular complexity index is 1410. The van der Waals surface area contributed by atoms with Crippen molar-refractivity contribution in [1.29, 1.82) is 0 Å². The molecule has 34 heavy (non-hydrogen) atoms. The Morgan fingerprint density at radius 2 is 1.88 bits per heavy atom. The summed E-state index contributed by atoms with van der Waals surface area (Å²) in [6.45, 7) is 3.09. The van der Waals surface area contributed by atoms with Crippen LogP contribution in [0.2, 0.25) is 0 Å². The van der Waals surface area contributed by atoms with Gasteiger partial charge in [-0.05, 0) is 30.2 Å². The third-order valence-electron chi connectivity index (χ3n) is 5.29. The Morgan fingerprint density at radius 3 is 2.59 bits per heavy atom. The van der Waals surface area contributed by atoms with E-state index in [1.807, 2.05) is 41.8 Å². The van der Waals surface area contributed by atoms with Crippen molar-refractivity contribution in [3.63, 3.8) is 0 Å². The number of carbonyl (C=O) groups is 1. The first-order valence-corrected chi connectivity index (χ1v) is 12.3. The van der Waals surface area contributed by atoms with E-state index in [0.29, 0.717) is 24.4 Å². The predicted octanol–water partition coefficient (Wildman–Crippen LogP) is 2.69. The van der Waals surface area contributed by atoms with Gasteiger partial charge in [-0.15, -0.1) is 5.10 Å². The van der Waals surface area contributed by atoms with E-state index >= 15 is 0 Å². The van der Waals surface area contributed by atoms with E-state index in [4.69, 9.17) is 4.74 Å². The van der Waals surface area contributed by atoms with Crippen LogP contribution in [0.1, 0.15) is 35.2 Å². The Labute approximate surface area is 197 Å². The smallest absolute Gasteiger partial charge is 0.360 e. The zero-order valence-electron chi connectivity index (χ0n) is 19.2. The number of benzene rings is 2. The molecule has 0 fully saturated rings. The second kappa shape index (κ2) is 9.74. The minimum atomic E-state index is -3.59. The largest absolute Gasteiger partial charge is 0.453 e. The molecular weight excluding hydrogens is 456 g/mol. The average molecular weight is 483 g/mol. The van der Waals surface area contributed by atoms with Crippen molar-refractivity contribution in [2.75, 3.05) is 14.1 Å². The molecule has 0 atom stereocenters. The normalized spacial score (nSPS) is 11.9. The van der Waals surface area contributed by atoms with E-state index in [-0.39, 0.29) is 17.2 Å². The molecule has 0 saturated heterocycles. The highest BCUT2D eigenvalue weighted by Gasteiger charge is 2.21. The molecule has 11 heteroatoms. The van der Waals surface area contributed by atoms with Crippen LogP contribution in [0.25, 0.3) is 11.0 Å². The molecule has 2 aromatic heterocycles. The van der Waals surface area contributed by atoms with Gasteiger partial charge < -0.3 is 9.30 Å². The highest BCUT2D eigenvalue weighted by atomic mass is 32.2. The Hall–Kier alpha value is -3.57. The number of aryl methyl sites for hydroxylation is 1. The maximum atomic E-state index is 12.6. The van der Waals surface area contributed by atoms with Gasteiger partial charge in [0.15, 0.2) is 5.69 Å². The second-order valence-electron chi connectivity index (χ2n) is 7.98. The van der Waals surface area contributed by atoms with Gasteiger partial charge in [0, 0.05) is 20.6 Å². The van der Waals surface area contributed by atoms with Crippen molar-refractivity contribution in [2.24, 2.45) is 0 Å². The summed E-state index contributed by atoms with van der Waals surface area (Å²) < 4.78 is 35.1. The average Bonchev–Trinajstić information content (AvgIpc) is 3.42. The van der Waals surface area contributed by atoms with Gasteiger partial charge in [-0.2, -0.15) is 0 Å². The number of fused-ring (bicyclic) bond motifs is 1. The van der Waals surface area contributed by atoms with Crippen LogP contribution in [-0.4, -0.2) is 57.3 Å². The first-order chi connectivity index (χ1) is 16.3. The number of hydrogen-bond acceptors (Lipinski definition) is 7. The van der Waals surface area contributed by atoms with Gasteiger partial charge in [-0.25, -0.2) is 27.2 Å². The Kier molecular flexibility index (Phi) is 6.75. The second-order valence-corrected chi connectivity index (χ2v) is 10.1. The molecule has 0 bridgehead atoms. The molecular formula is C23H26N6O4S. The van der Waals surface area contributed by atoms with E-state index in [1.165, 1.54) is 20.2 Å². The summed E-state index contributed by atoms with van der Waals surface area (Å²) in [6.07, 6.45) is 2.38. The number of nitrogens with zero attached hydrogens (tertiary/aromatic N) is 6. The van der Waals surface area contributed by atoms with Crippen molar-refractivity contribution in [2.45, 2.75) is 37.9 Å². The standard InChI is InChI=1S/C23H26N6O4S/c1-4-12-29-21-11-10-18(34(31,32)27(2)3)13-19(21)24-22(29)16-33-23(30)20-15-28(26-25-20)14-17-8-6-5-7-9-17/h5-11,13,15H,4,12,14,16H2,1-3H3. The molecule has 0 N–H and O–H groups in total. The molecule has 2 aromatic carbocycles. The van der Waals surface area contributed by atoms with Gasteiger partial charge in [0.25, 0.3) is 0 Å². The minimum Gasteiger partial charge on any atom is -0.453 e. The number of esters is 1. The number of rotatable bonds is 9. The highest BCUT2D eigenvalue weighted by Crippen LogP contribution is 2.23. The number of imidazole rings is 1. The number of hydrogen-bond donors (Lipinski definition) is 0. The summed E-state index contributed by atoms with van der Waals surface area (Å²) >= 11 is 0. The van der Waals surface area contributed by atoms with Gasteiger partial charge in [-0.3, -0.25) is 0 Å². The fraction of sp³-hybridized carbons (Fsp3) is 0.304. The fourth-order valence-electron chi connectivity index (χ4n) is 3.56. The van der Waals surface area contributed by atoms with Crippen LogP contribution in [-0.2, 0) is 34.5 Å². The monoisotopic (exact) mass is 482 g/mol. The van der Waals surface area contributed by atoms with Crippen LogP contribution in [0.3, 0.4) is 0 Å². The predicted molar refractivity (Wildman–Crippen MR) is 126 cm³/mol. The molecule has 0 unspecified atom stereocenters. The molecule has 0 saturated carbocycles. The Balaban J connectivity index is 1.52. The summed E-state index contributed by atoms with van der Waals surface area (Å²) in [7, 11) is -0.621. The maximum absolute atomic E-state index is 12.6. The molecule has 0 aliphatic heterocycles. The van der Waals surface area contributed by atoms with Crippen LogP contribution in [0.4, 0.5) is 0 Å². The topological polar surface area (TPSA) is 112 Å². The number of sulfonamides is 1. The summed E-state index contributed by atoms with van der Waals surface area (Å²) in [4.78, 5) is 17.3. The van der Waals surface area contributed by atoms with E-state index in [2.05, 4.69) is 15.3 Å². The fourth-order valence-corrected chi connectivity index (χ4v) is 4.48. The van der Waals surface area contributed by atoms with Gasteiger partial charge in [-0.1, -0.05) is 42.5 Å². The summed E-state index contributed by atoms with van der Waals surface area (Å²) in [5, 5.41) is 7.92. The van der Waals surface area contributed by atoms with E-state index in [1.54, 1.807) is 23.0 Å². The molecule has 10 nitrogen and oxygen atoms in total. The third-order valence-corrected chi connectivity index (χ3v) is 7.10. The van der Waals surface area contributed by atoms with Gasteiger partial charge >= 0.3 is 5.97 Å². The summed E-state index contributed by atoms with van der Waals surface area (Å²) in [5.41, 5.74) is 2.44. The van der Waals surface area contributed by atoms with Crippen LogP contribution in [0, 0.1) is 0 Å². The first kappa shape index (κ1) is 23.6. The van der Waals surface area contributed by atoms with Gasteiger partial charge in [0.1, 0.15) is 12.4 Å². The van der Waals surface area contributed by atoms with Crippen LogP contribution in [0.15, 0.2) is 59.6 Å². The quantitative estimate of drug-likeness (QED) is 0.337. The lowest BCUT2D eigenvalue weighted by Gasteiger charge is -2.11. The van der Waals surface area contributed by atoms with Crippen molar-refractivity contribution < 1.29 is 17.9 Å². The van der Waals surface area contributed by atoms with E-state index in [9.17, 15) is 13.2 Å². The number of aromatic nitrogens is 5. The molecule has 4 aromatic rings. The Morgan fingerprint density at radius 1 is 1.12 bits per heavy atom. The first-order valence-electron chi connectivity index (χ1n) is 10.8. The lowest BCUT2D eigenvalue weighted by Crippen LogP contribution is -2.22. The molecule has 0 radical (unpaired) electrons. The van der Waals surface area contributed by atoms with Crippen molar-refractivity contribution in [1.82, 2.24) is 28.9 Å². The highest BCUT2D eigenvalue weighted by molar-refractivity contribution is 7.89. The summed E-state index contributed by atoms with van der Waals surface area (Å²) in [6, 6.07) is 14.6. The number of carbonyl (C=O) groups excluding carboxylic acids is 1. The lowest BCUT2D eigenvalue weighted by atomic mass is 10.2. The molecule has 0 amide bonds. The molecule has 178 valence electrons. The summed E-state index contributed by atoms with van der Waals surface area (Å²) in [5.74, 6) is -0.0773. The molecule has 0 spiro atoms. The van der Waals surface area contributed by atoms with E-state index < -0.39 is 16.0 Å².